The minimum absolute atomic E-state index is 0. The summed E-state index contributed by atoms with van der Waals surface area (Å²) in [5, 5.41) is 0. The molecule has 0 rings (SSSR count). The first kappa shape index (κ1) is 127. The summed E-state index contributed by atoms with van der Waals surface area (Å²) in [5.41, 5.74) is 0. The van der Waals surface area contributed by atoms with E-state index in [9.17, 15) is 0 Å². The van der Waals surface area contributed by atoms with E-state index in [4.69, 9.17) is 0 Å². The Morgan fingerprint density at radius 3 is 0.400 bits per heavy atom. The largest absolute Gasteiger partial charge is 3.00 e. The van der Waals surface area contributed by atoms with E-state index in [1.54, 1.807) is 0 Å². The zero-order valence-corrected chi connectivity index (χ0v) is 5.17. The van der Waals surface area contributed by atoms with Gasteiger partial charge in [0.05, 0.1) is 0 Å². The molecule has 0 aliphatic rings. The van der Waals surface area contributed by atoms with Gasteiger partial charge in [0.25, 0.3) is 0 Å². The van der Waals surface area contributed by atoms with Gasteiger partial charge < -0.3 is 16.4 Å². The molecule has 0 radical (unpaired) electrons. The molecule has 0 saturated carbocycles. The summed E-state index contributed by atoms with van der Waals surface area (Å²) in [6, 6.07) is 0. The smallest absolute Gasteiger partial charge is 2.00 e. The Morgan fingerprint density at radius 2 is 0.400 bits per heavy atom. The van der Waals surface area contributed by atoms with Crippen LogP contribution < -0.4 is 0 Å². The molecule has 0 heterocycles. The third kappa shape index (κ3) is 39.5. The van der Waals surface area contributed by atoms with Crippen LogP contribution in [0, 0.1) is 0 Å². The maximum atomic E-state index is 0. The summed E-state index contributed by atoms with van der Waals surface area (Å²) in [6.07, 6.45) is 0. The van der Waals surface area contributed by atoms with Gasteiger partial charge in [0.1, 0.15) is 0 Å². The first-order valence-electron chi connectivity index (χ1n) is 0. The molecule has 0 N–H and O–H groups in total. The predicted octanol–water partition coefficient (Wildman–Crippen LogP) is -0.361. The van der Waals surface area contributed by atoms with Crippen molar-refractivity contribution in [1.29, 1.82) is 0 Å². The van der Waals surface area contributed by atoms with Crippen molar-refractivity contribution in [3.05, 3.63) is 0 Å². The van der Waals surface area contributed by atoms with E-state index in [-0.39, 0.29) is 55.4 Å². The second-order valence-electron chi connectivity index (χ2n) is 0. The van der Waals surface area contributed by atoms with Gasteiger partial charge in [0.15, 0.2) is 0 Å². The Bertz CT molecular complexity index is 4.85. The predicted molar refractivity (Wildman–Crippen MR) is 2.06 cm³/mol. The van der Waals surface area contributed by atoms with Crippen LogP contribution in [0.25, 0.3) is 0 Å². The molecule has 5 heteroatoms. The molecule has 0 atom stereocenters. The van der Waals surface area contributed by atoms with Gasteiger partial charge in [0.2, 0.25) is 0 Å². The Labute approximate surface area is 55.6 Å². The van der Waals surface area contributed by atoms with Crippen molar-refractivity contribution in [2.75, 3.05) is 0 Å². The average Bonchev–Trinajstić information content (AvgIpc) is 0. The first-order valence-corrected chi connectivity index (χ1v) is 0. The third-order valence-corrected chi connectivity index (χ3v) is 0. The monoisotopic (exact) mass is 254 g/mol. The van der Waals surface area contributed by atoms with Gasteiger partial charge in [-0.25, -0.2) is 0 Å². The summed E-state index contributed by atoms with van der Waals surface area (Å²) in [5.74, 6) is 0. The van der Waals surface area contributed by atoms with Gasteiger partial charge in [-0.05, 0) is 0 Å². The van der Waals surface area contributed by atoms with Gasteiger partial charge in [-0.2, -0.15) is 0 Å². The Balaban J connectivity index is 0. The maximum absolute atomic E-state index is 0. The van der Waals surface area contributed by atoms with Gasteiger partial charge in [-0.1, -0.05) is 0 Å². The van der Waals surface area contributed by atoms with Crippen LogP contribution in [-0.2, 0) is 55.4 Å². The molecule has 0 bridgehead atoms. The van der Waals surface area contributed by atoms with Crippen molar-refractivity contribution >= 4 is 0 Å². The van der Waals surface area contributed by atoms with Gasteiger partial charge in [-0.15, -0.1) is 0 Å². The van der Waals surface area contributed by atoms with Crippen LogP contribution in [0.3, 0.4) is 0 Å². The fraction of sp³-hybridized carbons (Fsp3) is 0. The van der Waals surface area contributed by atoms with E-state index >= 15 is 0 Å². The fourth-order valence-electron chi connectivity index (χ4n) is 0. The van der Waals surface area contributed by atoms with Crippen molar-refractivity contribution in [3.8, 4) is 0 Å². The maximum Gasteiger partial charge on any atom is 3.00 e. The standard InChI is InChI=1S/3O.2Rh/q3*-2;2*+3. The number of hydrogen-bond acceptors (Lipinski definition) is 0. The topological polar surface area (TPSA) is 85.5 Å². The van der Waals surface area contributed by atoms with Crippen LogP contribution in [0.2, 0.25) is 0 Å². The molecule has 0 aliphatic carbocycles. The molecule has 36 valence electrons. The molecule has 5 heavy (non-hydrogen) atoms. The molecule has 0 unspecified atom stereocenters. The van der Waals surface area contributed by atoms with Crippen LogP contribution in [0.4, 0.5) is 0 Å². The second-order valence-corrected chi connectivity index (χ2v) is 0. The molecule has 3 nitrogen and oxygen atoms in total. The van der Waals surface area contributed by atoms with E-state index in [2.05, 4.69) is 0 Å². The van der Waals surface area contributed by atoms with E-state index in [0.717, 1.165) is 0 Å². The molecule has 0 aromatic heterocycles. The van der Waals surface area contributed by atoms with E-state index < -0.39 is 0 Å². The minimum atomic E-state index is 0. The van der Waals surface area contributed by atoms with E-state index in [1.807, 2.05) is 0 Å². The Kier molecular flexibility index (Phi) is 1740. The molecule has 0 aromatic rings. The van der Waals surface area contributed by atoms with Crippen LogP contribution in [-0.4, -0.2) is 0 Å². The van der Waals surface area contributed by atoms with Crippen LogP contribution in [0.5, 0.6) is 0 Å². The molecule has 0 aliphatic heterocycles. The molecule has 0 spiro atoms. The summed E-state index contributed by atoms with van der Waals surface area (Å²) in [4.78, 5) is 0. The second kappa shape index (κ2) is 68.8. The van der Waals surface area contributed by atoms with Crippen molar-refractivity contribution < 1.29 is 55.4 Å². The fourth-order valence-corrected chi connectivity index (χ4v) is 0. The first-order chi connectivity index (χ1) is 0. The quantitative estimate of drug-likeness (QED) is 0.528. The van der Waals surface area contributed by atoms with E-state index in [0.29, 0.717) is 0 Å². The van der Waals surface area contributed by atoms with Gasteiger partial charge in [-0.3, -0.25) is 0 Å². The molecular weight excluding hydrogens is 254 g/mol. The van der Waals surface area contributed by atoms with Crippen molar-refractivity contribution in [2.45, 2.75) is 0 Å². The van der Waals surface area contributed by atoms with Crippen molar-refractivity contribution in [3.63, 3.8) is 0 Å². The van der Waals surface area contributed by atoms with Gasteiger partial charge >= 0.3 is 39.0 Å². The normalized spacial score (nSPS) is 0. The van der Waals surface area contributed by atoms with Crippen molar-refractivity contribution in [2.24, 2.45) is 0 Å². The molecule has 0 saturated heterocycles. The summed E-state index contributed by atoms with van der Waals surface area (Å²) >= 11 is 0. The van der Waals surface area contributed by atoms with Crippen LogP contribution >= 0.6 is 0 Å². The van der Waals surface area contributed by atoms with Gasteiger partial charge in [0, 0.05) is 0 Å². The summed E-state index contributed by atoms with van der Waals surface area (Å²) in [7, 11) is 0. The minimum Gasteiger partial charge on any atom is -2.00 e. The summed E-state index contributed by atoms with van der Waals surface area (Å²) in [6.45, 7) is 0. The SMILES string of the molecule is [O-2].[O-2].[O-2].[Rh+3].[Rh+3]. The Hall–Kier alpha value is 1.13. The van der Waals surface area contributed by atoms with E-state index in [1.165, 1.54) is 0 Å². The zero-order chi connectivity index (χ0) is 0. The molecule has 0 fully saturated rings. The van der Waals surface area contributed by atoms with Crippen molar-refractivity contribution in [1.82, 2.24) is 0 Å². The van der Waals surface area contributed by atoms with Crippen LogP contribution in [0.15, 0.2) is 0 Å². The van der Waals surface area contributed by atoms with Crippen LogP contribution in [0.1, 0.15) is 0 Å². The molecule has 0 aromatic carbocycles. The Morgan fingerprint density at radius 1 is 0.400 bits per heavy atom. The zero-order valence-electron chi connectivity index (χ0n) is 1.89. The molecule has 0 amide bonds. The summed E-state index contributed by atoms with van der Waals surface area (Å²) < 4.78 is 0. The number of hydrogen-bond donors (Lipinski definition) is 0. The average molecular weight is 254 g/mol. The number of rotatable bonds is 0. The molecular formula is O3Rh2. The third-order valence-electron chi connectivity index (χ3n) is 0.